The summed E-state index contributed by atoms with van der Waals surface area (Å²) in [6.07, 6.45) is 0. The van der Waals surface area contributed by atoms with Crippen molar-refractivity contribution >= 4 is 34.8 Å². The van der Waals surface area contributed by atoms with Crippen LogP contribution in [-0.2, 0) is 4.79 Å². The number of nitrogens with one attached hydrogen (secondary N) is 2. The van der Waals surface area contributed by atoms with Crippen molar-refractivity contribution in [2.75, 3.05) is 31.5 Å². The van der Waals surface area contributed by atoms with Crippen LogP contribution in [0.3, 0.4) is 0 Å². The number of benzene rings is 1. The first-order chi connectivity index (χ1) is 9.97. The molecule has 1 amide bonds. The first-order valence-electron chi connectivity index (χ1n) is 7.17. The summed E-state index contributed by atoms with van der Waals surface area (Å²) >= 11 is 12.0. The summed E-state index contributed by atoms with van der Waals surface area (Å²) < 4.78 is 0. The molecule has 0 aliphatic carbocycles. The third-order valence-corrected chi connectivity index (χ3v) is 3.89. The molecule has 1 aromatic rings. The van der Waals surface area contributed by atoms with Gasteiger partial charge >= 0.3 is 0 Å². The summed E-state index contributed by atoms with van der Waals surface area (Å²) in [5, 5.41) is 6.81. The highest BCUT2D eigenvalue weighted by atomic mass is 35.5. The van der Waals surface area contributed by atoms with E-state index in [1.807, 2.05) is 0 Å². The van der Waals surface area contributed by atoms with Crippen molar-refractivity contribution in [3.63, 3.8) is 0 Å². The Labute approximate surface area is 136 Å². The molecule has 1 unspecified atom stereocenters. The number of carbonyl (C=O) groups is 1. The first kappa shape index (κ1) is 18.2. The number of anilines is 1. The fourth-order valence-corrected chi connectivity index (χ4v) is 2.49. The summed E-state index contributed by atoms with van der Waals surface area (Å²) in [6.45, 7) is 9.46. The Bertz CT molecular complexity index is 444. The number of nitrogens with zero attached hydrogens (tertiary/aromatic N) is 1. The van der Waals surface area contributed by atoms with Gasteiger partial charge in [-0.05, 0) is 32.1 Å². The van der Waals surface area contributed by atoms with E-state index in [1.54, 1.807) is 18.2 Å². The maximum Gasteiger partial charge on any atom is 0.238 e. The molecule has 0 aliphatic heterocycles. The van der Waals surface area contributed by atoms with Crippen molar-refractivity contribution in [3.05, 3.63) is 28.2 Å². The molecular formula is C15H23Cl2N3O. The number of para-hydroxylation sites is 1. The number of rotatable bonds is 8. The zero-order chi connectivity index (χ0) is 15.8. The molecule has 0 aromatic heterocycles. The number of carbonyl (C=O) groups excluding carboxylic acids is 1. The topological polar surface area (TPSA) is 44.4 Å². The molecular weight excluding hydrogens is 309 g/mol. The lowest BCUT2D eigenvalue weighted by molar-refractivity contribution is -0.115. The number of likely N-dealkylation sites (N-methyl/N-ethyl adjacent to an activating group) is 1. The molecule has 6 heteroatoms. The van der Waals surface area contributed by atoms with Gasteiger partial charge in [-0.3, -0.25) is 4.79 Å². The van der Waals surface area contributed by atoms with Crippen LogP contribution in [-0.4, -0.2) is 43.0 Å². The van der Waals surface area contributed by atoms with E-state index in [-0.39, 0.29) is 18.5 Å². The van der Waals surface area contributed by atoms with Gasteiger partial charge in [0.1, 0.15) is 0 Å². The van der Waals surface area contributed by atoms with Gasteiger partial charge in [-0.25, -0.2) is 0 Å². The van der Waals surface area contributed by atoms with Gasteiger partial charge in [0.25, 0.3) is 0 Å². The van der Waals surface area contributed by atoms with Crippen LogP contribution in [0.5, 0.6) is 0 Å². The Balaban J connectivity index is 2.44. The van der Waals surface area contributed by atoms with E-state index < -0.39 is 0 Å². The van der Waals surface area contributed by atoms with Crippen molar-refractivity contribution in [2.24, 2.45) is 0 Å². The SMILES string of the molecule is CCN(CC)CC(C)NCC(=O)Nc1c(Cl)cccc1Cl. The predicted molar refractivity (Wildman–Crippen MR) is 90.3 cm³/mol. The number of halogens is 2. The third-order valence-electron chi connectivity index (χ3n) is 3.26. The lowest BCUT2D eigenvalue weighted by Gasteiger charge is -2.23. The van der Waals surface area contributed by atoms with E-state index in [0.717, 1.165) is 19.6 Å². The van der Waals surface area contributed by atoms with Crippen LogP contribution in [0.25, 0.3) is 0 Å². The molecule has 0 heterocycles. The second-order valence-electron chi connectivity index (χ2n) is 4.91. The molecule has 0 saturated heterocycles. The fraction of sp³-hybridized carbons (Fsp3) is 0.533. The van der Waals surface area contributed by atoms with Crippen molar-refractivity contribution in [3.8, 4) is 0 Å². The smallest absolute Gasteiger partial charge is 0.238 e. The van der Waals surface area contributed by atoms with Crippen molar-refractivity contribution in [2.45, 2.75) is 26.8 Å². The second-order valence-corrected chi connectivity index (χ2v) is 5.73. The average Bonchev–Trinajstić information content (AvgIpc) is 2.46. The average molecular weight is 332 g/mol. The highest BCUT2D eigenvalue weighted by Crippen LogP contribution is 2.29. The lowest BCUT2D eigenvalue weighted by atomic mass is 10.3. The largest absolute Gasteiger partial charge is 0.322 e. The number of hydrogen-bond donors (Lipinski definition) is 2. The van der Waals surface area contributed by atoms with Crippen molar-refractivity contribution in [1.82, 2.24) is 10.2 Å². The quantitative estimate of drug-likeness (QED) is 0.768. The van der Waals surface area contributed by atoms with E-state index in [0.29, 0.717) is 15.7 Å². The van der Waals surface area contributed by atoms with E-state index in [2.05, 4.69) is 36.3 Å². The molecule has 1 aromatic carbocycles. The van der Waals surface area contributed by atoms with Crippen molar-refractivity contribution in [1.29, 1.82) is 0 Å². The lowest BCUT2D eigenvalue weighted by Crippen LogP contribution is -2.42. The number of amides is 1. The van der Waals surface area contributed by atoms with Crippen LogP contribution in [0.2, 0.25) is 10.0 Å². The molecule has 0 aliphatic rings. The molecule has 2 N–H and O–H groups in total. The molecule has 21 heavy (non-hydrogen) atoms. The molecule has 1 rings (SSSR count). The van der Waals surface area contributed by atoms with Gasteiger partial charge in [0.05, 0.1) is 22.3 Å². The molecule has 0 bridgehead atoms. The van der Waals surface area contributed by atoms with Crippen LogP contribution in [0.1, 0.15) is 20.8 Å². The Morgan fingerprint density at radius 1 is 1.24 bits per heavy atom. The fourth-order valence-electron chi connectivity index (χ4n) is 2.00. The highest BCUT2D eigenvalue weighted by Gasteiger charge is 2.11. The van der Waals surface area contributed by atoms with Gasteiger partial charge in [-0.2, -0.15) is 0 Å². The zero-order valence-electron chi connectivity index (χ0n) is 12.7. The molecule has 0 spiro atoms. The maximum atomic E-state index is 11.9. The minimum atomic E-state index is -0.156. The van der Waals surface area contributed by atoms with E-state index in [9.17, 15) is 4.79 Å². The summed E-state index contributed by atoms with van der Waals surface area (Å²) in [5.41, 5.74) is 0.462. The summed E-state index contributed by atoms with van der Waals surface area (Å²) in [4.78, 5) is 14.2. The van der Waals surface area contributed by atoms with Crippen LogP contribution in [0, 0.1) is 0 Å². The summed E-state index contributed by atoms with van der Waals surface area (Å²) in [7, 11) is 0. The van der Waals surface area contributed by atoms with Gasteiger partial charge in [-0.1, -0.05) is 43.1 Å². The van der Waals surface area contributed by atoms with Crippen molar-refractivity contribution < 1.29 is 4.79 Å². The molecule has 0 fully saturated rings. The maximum absolute atomic E-state index is 11.9. The minimum absolute atomic E-state index is 0.156. The molecule has 1 atom stereocenters. The molecule has 0 radical (unpaired) electrons. The Kier molecular flexibility index (Phi) is 8.04. The monoisotopic (exact) mass is 331 g/mol. The summed E-state index contributed by atoms with van der Waals surface area (Å²) in [6, 6.07) is 5.36. The van der Waals surface area contributed by atoms with E-state index in [1.165, 1.54) is 0 Å². The summed E-state index contributed by atoms with van der Waals surface area (Å²) in [5.74, 6) is -0.156. The number of hydrogen-bond acceptors (Lipinski definition) is 3. The Morgan fingerprint density at radius 3 is 2.33 bits per heavy atom. The minimum Gasteiger partial charge on any atom is -0.322 e. The van der Waals surface area contributed by atoms with Gasteiger partial charge < -0.3 is 15.5 Å². The van der Waals surface area contributed by atoms with Crippen LogP contribution in [0.15, 0.2) is 18.2 Å². The third kappa shape index (κ3) is 6.22. The van der Waals surface area contributed by atoms with Crippen LogP contribution >= 0.6 is 23.2 Å². The molecule has 118 valence electrons. The highest BCUT2D eigenvalue weighted by molar-refractivity contribution is 6.39. The van der Waals surface area contributed by atoms with E-state index >= 15 is 0 Å². The van der Waals surface area contributed by atoms with Gasteiger partial charge in [0, 0.05) is 12.6 Å². The van der Waals surface area contributed by atoms with E-state index in [4.69, 9.17) is 23.2 Å². The van der Waals surface area contributed by atoms with Gasteiger partial charge in [0.15, 0.2) is 0 Å². The van der Waals surface area contributed by atoms with Gasteiger partial charge in [0.2, 0.25) is 5.91 Å². The Hall–Kier alpha value is -0.810. The first-order valence-corrected chi connectivity index (χ1v) is 7.93. The van der Waals surface area contributed by atoms with Gasteiger partial charge in [-0.15, -0.1) is 0 Å². The normalized spacial score (nSPS) is 12.5. The predicted octanol–water partition coefficient (Wildman–Crippen LogP) is 3.25. The van der Waals surface area contributed by atoms with Crippen LogP contribution in [0.4, 0.5) is 5.69 Å². The second kappa shape index (κ2) is 9.26. The standard InChI is InChI=1S/C15H23Cl2N3O/c1-4-20(5-2)10-11(3)18-9-14(21)19-15-12(16)7-6-8-13(15)17/h6-8,11,18H,4-5,9-10H2,1-3H3,(H,19,21). The Morgan fingerprint density at radius 2 is 1.81 bits per heavy atom. The molecule has 4 nitrogen and oxygen atoms in total. The zero-order valence-corrected chi connectivity index (χ0v) is 14.3. The molecule has 0 saturated carbocycles. The van der Waals surface area contributed by atoms with Crippen LogP contribution < -0.4 is 10.6 Å².